The Bertz CT molecular complexity index is 316. The van der Waals surface area contributed by atoms with Crippen LogP contribution in [-0.4, -0.2) is 12.2 Å². The molecule has 0 bridgehead atoms. The molecule has 1 aromatic rings. The van der Waals surface area contributed by atoms with Crippen molar-refractivity contribution in [2.45, 2.75) is 33.0 Å². The van der Waals surface area contributed by atoms with E-state index in [0.29, 0.717) is 0 Å². The molecular weight excluding hydrogens is 172 g/mol. The predicted molar refractivity (Wildman–Crippen MR) is 59.0 cm³/mol. The Morgan fingerprint density at radius 3 is 2.29 bits per heavy atom. The monoisotopic (exact) mass is 188 g/mol. The fraction of sp³-hybridized carbons (Fsp3) is 0.385. The smallest absolute Gasteiger partial charge is 0.116 e. The van der Waals surface area contributed by atoms with Gasteiger partial charge in [-0.2, -0.15) is 0 Å². The minimum atomic E-state index is -0.00444. The normalized spacial score (nSPS) is 12.0. The third-order valence-electron chi connectivity index (χ3n) is 1.67. The van der Waals surface area contributed by atoms with Crippen LogP contribution in [-0.2, 0) is 4.74 Å². The minimum Gasteiger partial charge on any atom is -0.363 e. The van der Waals surface area contributed by atoms with Gasteiger partial charge in [-0.15, -0.1) is 0 Å². The van der Waals surface area contributed by atoms with Gasteiger partial charge in [-0.25, -0.2) is 0 Å². The van der Waals surface area contributed by atoms with Crippen LogP contribution in [0.25, 0.3) is 0 Å². The summed E-state index contributed by atoms with van der Waals surface area (Å²) in [6.45, 7) is 6.00. The highest BCUT2D eigenvalue weighted by Gasteiger charge is 1.98. The lowest BCUT2D eigenvalue weighted by atomic mass is 10.2. The zero-order valence-electron chi connectivity index (χ0n) is 8.95. The molecule has 1 nitrogen and oxygen atoms in total. The van der Waals surface area contributed by atoms with Crippen molar-refractivity contribution in [2.75, 3.05) is 0 Å². The van der Waals surface area contributed by atoms with Crippen LogP contribution < -0.4 is 0 Å². The molecule has 0 radical (unpaired) electrons. The van der Waals surface area contributed by atoms with E-state index in [2.05, 4.69) is 11.8 Å². The first-order valence-electron chi connectivity index (χ1n) is 4.90. The molecule has 14 heavy (non-hydrogen) atoms. The van der Waals surface area contributed by atoms with Gasteiger partial charge in [0, 0.05) is 5.56 Å². The van der Waals surface area contributed by atoms with Gasteiger partial charge in [0.05, 0.1) is 6.10 Å². The minimum absolute atomic E-state index is 0.00444. The van der Waals surface area contributed by atoms with Crippen LogP contribution in [0.15, 0.2) is 30.3 Å². The van der Waals surface area contributed by atoms with E-state index < -0.39 is 0 Å². The fourth-order valence-electron chi connectivity index (χ4n) is 1.15. The third kappa shape index (κ3) is 4.11. The molecule has 74 valence electrons. The van der Waals surface area contributed by atoms with E-state index in [1.807, 2.05) is 51.1 Å². The number of rotatable bonds is 2. The van der Waals surface area contributed by atoms with Gasteiger partial charge in [-0.05, 0) is 32.9 Å². The zero-order chi connectivity index (χ0) is 10.4. The van der Waals surface area contributed by atoms with Crippen LogP contribution in [0.3, 0.4) is 0 Å². The Labute approximate surface area is 86.1 Å². The van der Waals surface area contributed by atoms with Gasteiger partial charge in [-0.1, -0.05) is 30.0 Å². The molecule has 1 heteroatoms. The first-order valence-corrected chi connectivity index (χ1v) is 4.90. The SMILES string of the molecule is CC(C)OC(C)C#Cc1ccccc1. The molecule has 0 N–H and O–H groups in total. The topological polar surface area (TPSA) is 9.23 Å². The van der Waals surface area contributed by atoms with E-state index in [1.165, 1.54) is 0 Å². The number of ether oxygens (including phenoxy) is 1. The summed E-state index contributed by atoms with van der Waals surface area (Å²) >= 11 is 0. The second kappa shape index (κ2) is 5.47. The maximum Gasteiger partial charge on any atom is 0.116 e. The summed E-state index contributed by atoms with van der Waals surface area (Å²) in [6, 6.07) is 9.94. The molecule has 1 rings (SSSR count). The number of hydrogen-bond donors (Lipinski definition) is 0. The lowest BCUT2D eigenvalue weighted by Crippen LogP contribution is -2.11. The van der Waals surface area contributed by atoms with E-state index in [9.17, 15) is 0 Å². The van der Waals surface area contributed by atoms with E-state index >= 15 is 0 Å². The van der Waals surface area contributed by atoms with Gasteiger partial charge in [-0.3, -0.25) is 0 Å². The fourth-order valence-corrected chi connectivity index (χ4v) is 1.15. The van der Waals surface area contributed by atoms with Crippen LogP contribution >= 0.6 is 0 Å². The second-order valence-electron chi connectivity index (χ2n) is 3.46. The second-order valence-corrected chi connectivity index (χ2v) is 3.46. The maximum absolute atomic E-state index is 5.50. The average molecular weight is 188 g/mol. The maximum atomic E-state index is 5.50. The Kier molecular flexibility index (Phi) is 4.22. The largest absolute Gasteiger partial charge is 0.363 e. The molecule has 0 aliphatic carbocycles. The number of benzene rings is 1. The van der Waals surface area contributed by atoms with Crippen molar-refractivity contribution in [3.63, 3.8) is 0 Å². The number of hydrogen-bond acceptors (Lipinski definition) is 1. The highest BCUT2D eigenvalue weighted by Crippen LogP contribution is 1.98. The van der Waals surface area contributed by atoms with Gasteiger partial charge >= 0.3 is 0 Å². The van der Waals surface area contributed by atoms with Crippen LogP contribution in [0, 0.1) is 11.8 Å². The average Bonchev–Trinajstić information content (AvgIpc) is 2.15. The van der Waals surface area contributed by atoms with Gasteiger partial charge in [0.1, 0.15) is 6.10 Å². The van der Waals surface area contributed by atoms with Crippen molar-refractivity contribution in [1.82, 2.24) is 0 Å². The van der Waals surface area contributed by atoms with Gasteiger partial charge in [0.25, 0.3) is 0 Å². The summed E-state index contributed by atoms with van der Waals surface area (Å²) in [4.78, 5) is 0. The molecule has 0 saturated carbocycles. The van der Waals surface area contributed by atoms with Crippen molar-refractivity contribution in [2.24, 2.45) is 0 Å². The molecule has 1 atom stereocenters. The summed E-state index contributed by atoms with van der Waals surface area (Å²) < 4.78 is 5.50. The first-order chi connectivity index (χ1) is 6.68. The van der Waals surface area contributed by atoms with Gasteiger partial charge in [0.2, 0.25) is 0 Å². The summed E-state index contributed by atoms with van der Waals surface area (Å²) in [5.41, 5.74) is 1.03. The molecule has 1 aromatic carbocycles. The highest BCUT2D eigenvalue weighted by molar-refractivity contribution is 5.34. The molecule has 0 amide bonds. The highest BCUT2D eigenvalue weighted by atomic mass is 16.5. The molecule has 0 aliphatic rings. The van der Waals surface area contributed by atoms with E-state index in [0.717, 1.165) is 5.56 Å². The summed E-state index contributed by atoms with van der Waals surface area (Å²) in [7, 11) is 0. The van der Waals surface area contributed by atoms with Crippen molar-refractivity contribution < 1.29 is 4.74 Å². The van der Waals surface area contributed by atoms with Gasteiger partial charge in [0.15, 0.2) is 0 Å². The Hall–Kier alpha value is -1.26. The predicted octanol–water partition coefficient (Wildman–Crippen LogP) is 2.85. The van der Waals surface area contributed by atoms with Crippen molar-refractivity contribution >= 4 is 0 Å². The molecule has 0 fully saturated rings. The summed E-state index contributed by atoms with van der Waals surface area (Å²) in [6.07, 6.45) is 0.227. The van der Waals surface area contributed by atoms with E-state index in [1.54, 1.807) is 0 Å². The lowest BCUT2D eigenvalue weighted by Gasteiger charge is -2.09. The molecule has 1 unspecified atom stereocenters. The molecule has 0 aromatic heterocycles. The summed E-state index contributed by atoms with van der Waals surface area (Å²) in [5.74, 6) is 6.13. The van der Waals surface area contributed by atoms with Crippen molar-refractivity contribution in [3.8, 4) is 11.8 Å². The van der Waals surface area contributed by atoms with Crippen LogP contribution in [0.2, 0.25) is 0 Å². The van der Waals surface area contributed by atoms with Crippen LogP contribution in [0.4, 0.5) is 0 Å². The Morgan fingerprint density at radius 2 is 1.71 bits per heavy atom. The van der Waals surface area contributed by atoms with Crippen LogP contribution in [0.1, 0.15) is 26.3 Å². The molecule has 0 saturated heterocycles. The molecule has 0 aliphatic heterocycles. The summed E-state index contributed by atoms with van der Waals surface area (Å²) in [5, 5.41) is 0. The zero-order valence-corrected chi connectivity index (χ0v) is 8.95. The van der Waals surface area contributed by atoms with Gasteiger partial charge < -0.3 is 4.74 Å². The Balaban J connectivity index is 2.55. The standard InChI is InChI=1S/C13H16O/c1-11(2)14-12(3)9-10-13-7-5-4-6-8-13/h4-8,11-12H,1-3H3. The van der Waals surface area contributed by atoms with Crippen molar-refractivity contribution in [1.29, 1.82) is 0 Å². The quantitative estimate of drug-likeness (QED) is 0.648. The molecule has 0 spiro atoms. The Morgan fingerprint density at radius 1 is 1.07 bits per heavy atom. The lowest BCUT2D eigenvalue weighted by molar-refractivity contribution is 0.0513. The first kappa shape index (κ1) is 10.8. The van der Waals surface area contributed by atoms with E-state index in [4.69, 9.17) is 4.74 Å². The van der Waals surface area contributed by atoms with Crippen molar-refractivity contribution in [3.05, 3.63) is 35.9 Å². The molecular formula is C13H16O. The van der Waals surface area contributed by atoms with E-state index in [-0.39, 0.29) is 12.2 Å². The molecule has 0 heterocycles. The van der Waals surface area contributed by atoms with Crippen LogP contribution in [0.5, 0.6) is 0 Å². The third-order valence-corrected chi connectivity index (χ3v) is 1.67.